The highest BCUT2D eigenvalue weighted by Gasteiger charge is 2.33. The zero-order valence-electron chi connectivity index (χ0n) is 24.6. The fraction of sp³-hybridized carbons (Fsp3) is 0.500. The molecule has 3 rings (SSSR count). The number of carbonyl (C=O) groups is 3. The molecule has 2 atom stereocenters. The van der Waals surface area contributed by atoms with Gasteiger partial charge in [0.1, 0.15) is 5.60 Å². The summed E-state index contributed by atoms with van der Waals surface area (Å²) in [6, 6.07) is 8.48. The quantitative estimate of drug-likeness (QED) is 0.338. The molecule has 3 N–H and O–H groups in total. The number of anilines is 1. The molecule has 2 aromatic rings. The van der Waals surface area contributed by atoms with E-state index in [2.05, 4.69) is 16.0 Å². The Morgan fingerprint density at radius 3 is 2.23 bits per heavy atom. The van der Waals surface area contributed by atoms with Crippen LogP contribution in [0.1, 0.15) is 74.9 Å². The molecule has 0 aliphatic heterocycles. The summed E-state index contributed by atoms with van der Waals surface area (Å²) in [4.78, 5) is 38.2. The van der Waals surface area contributed by atoms with Gasteiger partial charge in [0.25, 0.3) is 5.91 Å². The predicted octanol–water partition coefficient (Wildman–Crippen LogP) is 5.49. The van der Waals surface area contributed by atoms with Crippen LogP contribution < -0.4 is 16.0 Å². The van der Waals surface area contributed by atoms with E-state index < -0.39 is 63.2 Å². The number of carbonyl (C=O) groups excluding carboxylic acids is 3. The molecule has 0 radical (unpaired) electrons. The summed E-state index contributed by atoms with van der Waals surface area (Å²) in [6.07, 6.45) is -2.23. The maximum absolute atomic E-state index is 13.4. The summed E-state index contributed by atoms with van der Waals surface area (Å²) in [5, 5.41) is 7.37. The van der Waals surface area contributed by atoms with Crippen molar-refractivity contribution in [2.75, 3.05) is 17.6 Å². The monoisotopic (exact) mass is 625 g/mol. The Kier molecular flexibility index (Phi) is 10.9. The van der Waals surface area contributed by atoms with Gasteiger partial charge in [0, 0.05) is 6.04 Å². The Morgan fingerprint density at radius 2 is 1.63 bits per heavy atom. The molecule has 1 fully saturated rings. The molecule has 1 aliphatic rings. The van der Waals surface area contributed by atoms with E-state index in [-0.39, 0.29) is 22.3 Å². The van der Waals surface area contributed by atoms with E-state index in [0.717, 1.165) is 30.9 Å². The van der Waals surface area contributed by atoms with Gasteiger partial charge in [0.15, 0.2) is 9.84 Å². The van der Waals surface area contributed by atoms with Crippen molar-refractivity contribution in [2.45, 2.75) is 82.5 Å². The van der Waals surface area contributed by atoms with Crippen molar-refractivity contribution in [1.29, 1.82) is 0 Å². The Hall–Kier alpha value is -3.61. The van der Waals surface area contributed by atoms with Crippen LogP contribution in [0.3, 0.4) is 0 Å². The Morgan fingerprint density at radius 1 is 0.977 bits per heavy atom. The number of halogens is 3. The second-order valence-electron chi connectivity index (χ2n) is 11.6. The van der Waals surface area contributed by atoms with Crippen molar-refractivity contribution >= 4 is 33.4 Å². The number of rotatable bonds is 9. The number of benzene rings is 2. The summed E-state index contributed by atoms with van der Waals surface area (Å²) in [6.45, 7) is 6.20. The first-order valence-electron chi connectivity index (χ1n) is 14.1. The third-order valence-electron chi connectivity index (χ3n) is 7.02. The largest absolute Gasteiger partial charge is 0.444 e. The van der Waals surface area contributed by atoms with Crippen LogP contribution in [0.15, 0.2) is 47.4 Å². The van der Waals surface area contributed by atoms with Crippen LogP contribution in [-0.2, 0) is 32.0 Å². The van der Waals surface area contributed by atoms with Crippen molar-refractivity contribution in [1.82, 2.24) is 10.6 Å². The topological polar surface area (TPSA) is 131 Å². The van der Waals surface area contributed by atoms with Gasteiger partial charge in [-0.25, -0.2) is 13.2 Å². The lowest BCUT2D eigenvalue weighted by Gasteiger charge is -2.32. The average Bonchev–Trinajstić information content (AvgIpc) is 2.91. The maximum Gasteiger partial charge on any atom is 0.416 e. The molecule has 0 unspecified atom stereocenters. The smallest absolute Gasteiger partial charge is 0.416 e. The van der Waals surface area contributed by atoms with E-state index in [4.69, 9.17) is 4.74 Å². The van der Waals surface area contributed by atoms with Crippen LogP contribution >= 0.6 is 0 Å². The zero-order valence-corrected chi connectivity index (χ0v) is 25.5. The van der Waals surface area contributed by atoms with Crippen LogP contribution in [-0.4, -0.2) is 50.3 Å². The molecule has 1 saturated carbocycles. The Balaban J connectivity index is 1.68. The van der Waals surface area contributed by atoms with Crippen molar-refractivity contribution < 1.29 is 40.7 Å². The van der Waals surface area contributed by atoms with E-state index in [1.54, 1.807) is 45.0 Å². The normalized spacial score (nSPS) is 17.6. The van der Waals surface area contributed by atoms with Crippen molar-refractivity contribution in [3.05, 3.63) is 59.2 Å². The molecule has 9 nitrogen and oxygen atoms in total. The highest BCUT2D eigenvalue weighted by Crippen LogP contribution is 2.32. The van der Waals surface area contributed by atoms with Crippen LogP contribution in [0.4, 0.5) is 23.7 Å². The van der Waals surface area contributed by atoms with Gasteiger partial charge in [0.2, 0.25) is 5.91 Å². The van der Waals surface area contributed by atoms with Gasteiger partial charge >= 0.3 is 12.3 Å². The molecule has 0 aromatic heterocycles. The highest BCUT2D eigenvalue weighted by atomic mass is 32.2. The average molecular weight is 626 g/mol. The van der Waals surface area contributed by atoms with Crippen LogP contribution in [0, 0.1) is 5.92 Å². The first-order valence-corrected chi connectivity index (χ1v) is 15.7. The van der Waals surface area contributed by atoms with Gasteiger partial charge in [-0.1, -0.05) is 31.9 Å². The number of amides is 3. The molecule has 0 saturated heterocycles. The lowest BCUT2D eigenvalue weighted by Crippen LogP contribution is -2.47. The van der Waals surface area contributed by atoms with Gasteiger partial charge < -0.3 is 15.4 Å². The van der Waals surface area contributed by atoms with Crippen LogP contribution in [0.25, 0.3) is 0 Å². The number of sulfone groups is 1. The molecule has 43 heavy (non-hydrogen) atoms. The maximum atomic E-state index is 13.4. The summed E-state index contributed by atoms with van der Waals surface area (Å²) in [7, 11) is -3.62. The summed E-state index contributed by atoms with van der Waals surface area (Å²) in [5.74, 6) is -2.15. The number of hydrogen-bond acceptors (Lipinski definition) is 6. The van der Waals surface area contributed by atoms with Gasteiger partial charge in [-0.2, -0.15) is 13.2 Å². The molecule has 3 amide bonds. The van der Waals surface area contributed by atoms with E-state index in [1.165, 1.54) is 0 Å². The lowest BCUT2D eigenvalue weighted by molar-refractivity contribution is -0.137. The number of alkyl halides is 3. The van der Waals surface area contributed by atoms with Crippen molar-refractivity contribution in [2.24, 2.45) is 5.92 Å². The van der Waals surface area contributed by atoms with Gasteiger partial charge in [-0.05, 0) is 81.8 Å². The Labute approximate surface area is 249 Å². The number of nitrogens with one attached hydrogen (secondary N) is 3. The molecule has 0 bridgehead atoms. The van der Waals surface area contributed by atoms with Gasteiger partial charge in [-0.15, -0.1) is 0 Å². The SMILES string of the molecule is CCc1ccc(S(=O)(=O)C[C@H]2CCCC[C@@H]2NC(=O)CNC(=O)c2cc(C(F)(F)F)ccc2NC(=O)OC(C)(C)C)cc1. The van der Waals surface area contributed by atoms with Crippen LogP contribution in [0.2, 0.25) is 0 Å². The van der Waals surface area contributed by atoms with E-state index in [0.29, 0.717) is 25.0 Å². The van der Waals surface area contributed by atoms with E-state index in [1.807, 2.05) is 6.92 Å². The minimum Gasteiger partial charge on any atom is -0.444 e. The molecule has 236 valence electrons. The van der Waals surface area contributed by atoms with Gasteiger partial charge in [-0.3, -0.25) is 14.9 Å². The minimum atomic E-state index is -4.76. The standard InChI is InChI=1S/C30H38F3N3O6S/c1-5-19-10-13-22(14-11-19)43(40,41)18-20-8-6-7-9-24(20)35-26(37)17-34-27(38)23-16-21(30(31,32)33)12-15-25(23)36-28(39)42-29(2,3)4/h10-16,20,24H,5-9,17-18H2,1-4H3,(H,34,38)(H,35,37)(H,36,39)/t20-,24+/m1/s1. The first-order chi connectivity index (χ1) is 20.0. The number of ether oxygens (including phenoxy) is 1. The molecular formula is C30H38F3N3O6S. The molecular weight excluding hydrogens is 587 g/mol. The fourth-order valence-electron chi connectivity index (χ4n) is 4.85. The highest BCUT2D eigenvalue weighted by molar-refractivity contribution is 7.91. The second kappa shape index (κ2) is 13.8. The fourth-order valence-corrected chi connectivity index (χ4v) is 6.56. The molecule has 0 heterocycles. The van der Waals surface area contributed by atoms with Crippen LogP contribution in [0.5, 0.6) is 0 Å². The van der Waals surface area contributed by atoms with E-state index >= 15 is 0 Å². The number of aryl methyl sites for hydroxylation is 1. The molecule has 2 aromatic carbocycles. The van der Waals surface area contributed by atoms with Crippen molar-refractivity contribution in [3.8, 4) is 0 Å². The molecule has 0 spiro atoms. The molecule has 13 heteroatoms. The number of hydrogen-bond donors (Lipinski definition) is 3. The predicted molar refractivity (Wildman–Crippen MR) is 155 cm³/mol. The Bertz CT molecular complexity index is 1420. The minimum absolute atomic E-state index is 0.153. The lowest BCUT2D eigenvalue weighted by atomic mass is 9.86. The third kappa shape index (κ3) is 9.97. The summed E-state index contributed by atoms with van der Waals surface area (Å²) >= 11 is 0. The zero-order chi connectivity index (χ0) is 32.0. The van der Waals surface area contributed by atoms with Crippen molar-refractivity contribution in [3.63, 3.8) is 0 Å². The summed E-state index contributed by atoms with van der Waals surface area (Å²) < 4.78 is 71.4. The third-order valence-corrected chi connectivity index (χ3v) is 8.87. The van der Waals surface area contributed by atoms with Gasteiger partial charge in [0.05, 0.1) is 34.0 Å². The first kappa shape index (κ1) is 33.9. The summed E-state index contributed by atoms with van der Waals surface area (Å²) in [5.41, 5.74) is -1.74. The molecule has 1 aliphatic carbocycles. The van der Waals surface area contributed by atoms with E-state index in [9.17, 15) is 36.0 Å². The second-order valence-corrected chi connectivity index (χ2v) is 13.6.